The number of fused-ring (bicyclic) bond motifs is 3. The first-order chi connectivity index (χ1) is 18.5. The Morgan fingerprint density at radius 3 is 2.68 bits per heavy atom. The van der Waals surface area contributed by atoms with Crippen LogP contribution in [0.25, 0.3) is 11.4 Å². The van der Waals surface area contributed by atoms with E-state index in [1.54, 1.807) is 11.6 Å². The molecule has 0 radical (unpaired) electrons. The Kier molecular flexibility index (Phi) is 6.31. The van der Waals surface area contributed by atoms with Gasteiger partial charge in [0.05, 0.1) is 17.8 Å². The summed E-state index contributed by atoms with van der Waals surface area (Å²) in [5, 5.41) is 16.4. The summed E-state index contributed by atoms with van der Waals surface area (Å²) in [6.45, 7) is 2.78. The van der Waals surface area contributed by atoms with Gasteiger partial charge in [-0.2, -0.15) is 0 Å². The number of anilines is 1. The topological polar surface area (TPSA) is 100 Å². The molecule has 2 aromatic heterocycles. The highest BCUT2D eigenvalue weighted by Crippen LogP contribution is 2.32. The summed E-state index contributed by atoms with van der Waals surface area (Å²) in [5.41, 5.74) is 4.92. The van der Waals surface area contributed by atoms with Crippen LogP contribution in [0.3, 0.4) is 0 Å². The van der Waals surface area contributed by atoms with E-state index in [4.69, 9.17) is 10.4 Å². The van der Waals surface area contributed by atoms with Crippen LogP contribution < -0.4 is 32.5 Å². The Balaban J connectivity index is 1.41. The minimum Gasteiger partial charge on any atom is -0.367 e. The minimum atomic E-state index is -0.223. The molecule has 0 saturated heterocycles. The summed E-state index contributed by atoms with van der Waals surface area (Å²) in [4.78, 5) is 23.0. The van der Waals surface area contributed by atoms with Crippen molar-refractivity contribution in [2.45, 2.75) is 44.7 Å². The summed E-state index contributed by atoms with van der Waals surface area (Å²) in [5.74, 6) is 0.861. The molecule has 8 heteroatoms. The molecule has 3 heterocycles. The van der Waals surface area contributed by atoms with Crippen molar-refractivity contribution >= 4 is 17.1 Å². The van der Waals surface area contributed by atoms with Gasteiger partial charge in [0.25, 0.3) is 5.56 Å². The SMILES string of the molecule is CC1CC(c2ccccn2)=CC=C1CN/C(Nc1ccccc1)=c1/c(=O)n(C)c2n(c1=N)[C@H]1CCC[C@H]1N=2. The molecular formula is C30H33N7O. The van der Waals surface area contributed by atoms with Crippen molar-refractivity contribution in [3.63, 3.8) is 0 Å². The highest BCUT2D eigenvalue weighted by atomic mass is 16.1. The molecule has 38 heavy (non-hydrogen) atoms. The zero-order chi connectivity index (χ0) is 26.2. The molecule has 2 aliphatic carbocycles. The van der Waals surface area contributed by atoms with Crippen LogP contribution in [0.1, 0.15) is 44.3 Å². The molecule has 3 aromatic rings. The molecule has 3 N–H and O–H groups in total. The smallest absolute Gasteiger partial charge is 0.267 e. The van der Waals surface area contributed by atoms with E-state index in [1.807, 2.05) is 59.3 Å². The quantitative estimate of drug-likeness (QED) is 0.478. The number of rotatable bonds is 6. The average molecular weight is 508 g/mol. The van der Waals surface area contributed by atoms with Crippen LogP contribution in [0.2, 0.25) is 0 Å². The van der Waals surface area contributed by atoms with Gasteiger partial charge in [0, 0.05) is 25.5 Å². The van der Waals surface area contributed by atoms with Crippen molar-refractivity contribution in [3.8, 4) is 0 Å². The van der Waals surface area contributed by atoms with Gasteiger partial charge in [-0.25, -0.2) is 4.99 Å². The van der Waals surface area contributed by atoms with Crippen LogP contribution in [0.5, 0.6) is 0 Å². The Labute approximate surface area is 221 Å². The monoisotopic (exact) mass is 507 g/mol. The van der Waals surface area contributed by atoms with E-state index in [1.165, 1.54) is 11.1 Å². The fraction of sp³-hybridized carbons (Fsp3) is 0.333. The molecule has 1 aliphatic heterocycles. The molecule has 3 aliphatic rings. The Bertz CT molecular complexity index is 1670. The fourth-order valence-corrected chi connectivity index (χ4v) is 5.88. The molecule has 8 nitrogen and oxygen atoms in total. The zero-order valence-corrected chi connectivity index (χ0v) is 21.8. The van der Waals surface area contributed by atoms with Gasteiger partial charge < -0.3 is 10.6 Å². The highest BCUT2D eigenvalue weighted by Gasteiger charge is 2.35. The number of nitrogens with one attached hydrogen (secondary N) is 3. The van der Waals surface area contributed by atoms with Crippen molar-refractivity contribution in [2.24, 2.45) is 18.0 Å². The van der Waals surface area contributed by atoms with Gasteiger partial charge in [-0.3, -0.25) is 24.3 Å². The highest BCUT2D eigenvalue weighted by molar-refractivity contribution is 5.67. The van der Waals surface area contributed by atoms with Gasteiger partial charge in [-0.15, -0.1) is 0 Å². The van der Waals surface area contributed by atoms with Crippen LogP contribution in [0.4, 0.5) is 5.69 Å². The normalized spacial score (nSPS) is 22.5. The van der Waals surface area contributed by atoms with Crippen LogP contribution in [-0.4, -0.2) is 26.7 Å². The third-order valence-electron chi connectivity index (χ3n) is 7.98. The summed E-state index contributed by atoms with van der Waals surface area (Å²) in [6.07, 6.45) is 10.1. The lowest BCUT2D eigenvalue weighted by atomic mass is 9.87. The van der Waals surface area contributed by atoms with Gasteiger partial charge >= 0.3 is 0 Å². The number of aromatic nitrogens is 3. The summed E-state index contributed by atoms with van der Waals surface area (Å²) < 4.78 is 3.57. The molecule has 6 rings (SSSR count). The lowest BCUT2D eigenvalue weighted by molar-refractivity contribution is 0.465. The molecule has 194 valence electrons. The standard InChI is InChI=1S/C30H33N7O/c1-19-17-20(23-11-6-7-16-32-23)14-15-21(19)18-33-28(34-22-9-4-3-5-10-22)26-27(31)37-25-13-8-12-24(25)35-30(37)36(2)29(26)38/h3-7,9-11,14-16,19,24-25,31,33-34H,8,12-13,17-18H2,1-2H3/b28-26-,31-27?/t19?,24-,25+/m1/s1. The van der Waals surface area contributed by atoms with E-state index in [0.717, 1.165) is 37.1 Å². The maximum Gasteiger partial charge on any atom is 0.267 e. The minimum absolute atomic E-state index is 0.150. The van der Waals surface area contributed by atoms with Gasteiger partial charge in [-0.05, 0) is 67.0 Å². The number of pyridine rings is 1. The number of allylic oxidation sites excluding steroid dienone is 3. The number of nitrogens with zero attached hydrogens (tertiary/aromatic N) is 4. The van der Waals surface area contributed by atoms with Crippen molar-refractivity contribution in [1.82, 2.24) is 19.4 Å². The third-order valence-corrected chi connectivity index (χ3v) is 7.98. The first-order valence-corrected chi connectivity index (χ1v) is 13.4. The van der Waals surface area contributed by atoms with Crippen LogP contribution in [0, 0.1) is 11.3 Å². The van der Waals surface area contributed by atoms with Crippen LogP contribution >= 0.6 is 0 Å². The van der Waals surface area contributed by atoms with Crippen LogP contribution in [-0.2, 0) is 7.05 Å². The molecule has 3 atom stereocenters. The Morgan fingerprint density at radius 2 is 1.92 bits per heavy atom. The molecule has 1 aromatic carbocycles. The predicted molar refractivity (Wildman–Crippen MR) is 149 cm³/mol. The van der Waals surface area contributed by atoms with Crippen molar-refractivity contribution in [3.05, 3.63) is 105 Å². The largest absolute Gasteiger partial charge is 0.367 e. The summed E-state index contributed by atoms with van der Waals surface area (Å²) in [7, 11) is 1.76. The second-order valence-corrected chi connectivity index (χ2v) is 10.4. The number of hydrogen-bond acceptors (Lipinski definition) is 6. The summed E-state index contributed by atoms with van der Waals surface area (Å²) >= 11 is 0. The molecular weight excluding hydrogens is 474 g/mol. The zero-order valence-electron chi connectivity index (χ0n) is 21.8. The van der Waals surface area contributed by atoms with Crippen molar-refractivity contribution in [2.75, 3.05) is 11.9 Å². The molecule has 1 saturated carbocycles. The van der Waals surface area contributed by atoms with E-state index in [0.29, 0.717) is 29.1 Å². The predicted octanol–water partition coefficient (Wildman–Crippen LogP) is 2.61. The van der Waals surface area contributed by atoms with E-state index in [2.05, 4.69) is 34.7 Å². The van der Waals surface area contributed by atoms with E-state index in [9.17, 15) is 4.79 Å². The Hall–Kier alpha value is -4.20. The van der Waals surface area contributed by atoms with Gasteiger partial charge in [0.1, 0.15) is 16.5 Å². The van der Waals surface area contributed by atoms with E-state index in [-0.39, 0.29) is 23.1 Å². The van der Waals surface area contributed by atoms with Gasteiger partial charge in [0.2, 0.25) is 5.62 Å². The number of benzene rings is 1. The maximum atomic E-state index is 13.7. The van der Waals surface area contributed by atoms with Crippen LogP contribution in [0.15, 0.2) is 82.2 Å². The average Bonchev–Trinajstić information content (AvgIpc) is 3.54. The van der Waals surface area contributed by atoms with E-state index >= 15 is 0 Å². The first-order valence-electron chi connectivity index (χ1n) is 13.4. The second-order valence-electron chi connectivity index (χ2n) is 10.4. The van der Waals surface area contributed by atoms with Crippen molar-refractivity contribution in [1.29, 1.82) is 5.41 Å². The number of para-hydroxylation sites is 1. The summed E-state index contributed by atoms with van der Waals surface area (Å²) in [6, 6.07) is 16.1. The molecule has 1 fully saturated rings. The van der Waals surface area contributed by atoms with E-state index < -0.39 is 0 Å². The first kappa shape index (κ1) is 24.2. The molecule has 1 unspecified atom stereocenters. The molecule has 0 bridgehead atoms. The lowest BCUT2D eigenvalue weighted by Crippen LogP contribution is -2.59. The Morgan fingerprint density at radius 1 is 1.11 bits per heavy atom. The third kappa shape index (κ3) is 4.30. The van der Waals surface area contributed by atoms with Gasteiger partial charge in [0.15, 0.2) is 0 Å². The maximum absolute atomic E-state index is 13.7. The lowest BCUT2D eigenvalue weighted by Gasteiger charge is -2.23. The second kappa shape index (κ2) is 9.93. The fourth-order valence-electron chi connectivity index (χ4n) is 5.88. The van der Waals surface area contributed by atoms with Gasteiger partial charge in [-0.1, -0.05) is 43.3 Å². The number of hydrogen-bond donors (Lipinski definition) is 3. The van der Waals surface area contributed by atoms with Crippen molar-refractivity contribution < 1.29 is 0 Å². The molecule has 0 spiro atoms. The molecule has 0 amide bonds.